The Bertz CT molecular complexity index is 461. The largest absolute Gasteiger partial charge is 0.264 e. The maximum atomic E-state index is 4.20. The normalized spacial score (nSPS) is 10.7. The average molecular weight is 196 g/mol. The standard InChI is InChI=1S/C13H12N2/c1-2-4-11-7-13(10-15-8-11)12-5-3-6-14-9-12/h2-10H,1H3/b4-2+. The third kappa shape index (κ3) is 2.29. The van der Waals surface area contributed by atoms with Gasteiger partial charge in [-0.2, -0.15) is 0 Å². The molecule has 2 aromatic heterocycles. The molecule has 0 aliphatic rings. The molecule has 74 valence electrons. The second kappa shape index (κ2) is 4.51. The van der Waals surface area contributed by atoms with Crippen LogP contribution in [0.15, 0.2) is 49.1 Å². The highest BCUT2D eigenvalue weighted by Gasteiger charge is 1.97. The Balaban J connectivity index is 2.41. The van der Waals surface area contributed by atoms with Gasteiger partial charge in [0.05, 0.1) is 0 Å². The lowest BCUT2D eigenvalue weighted by atomic mass is 10.1. The Hall–Kier alpha value is -1.96. The van der Waals surface area contributed by atoms with E-state index in [1.165, 1.54) is 0 Å². The van der Waals surface area contributed by atoms with E-state index in [-0.39, 0.29) is 0 Å². The first kappa shape index (κ1) is 9.59. The minimum absolute atomic E-state index is 1.09. The summed E-state index contributed by atoms with van der Waals surface area (Å²) in [5.41, 5.74) is 3.30. The monoisotopic (exact) mass is 196 g/mol. The van der Waals surface area contributed by atoms with Crippen molar-refractivity contribution in [3.8, 4) is 11.1 Å². The molecule has 0 unspecified atom stereocenters. The molecule has 2 nitrogen and oxygen atoms in total. The molecule has 0 bridgehead atoms. The first-order valence-electron chi connectivity index (χ1n) is 4.88. The highest BCUT2D eigenvalue weighted by molar-refractivity contribution is 5.65. The minimum Gasteiger partial charge on any atom is -0.264 e. The van der Waals surface area contributed by atoms with Crippen LogP contribution in [0.4, 0.5) is 0 Å². The molecule has 0 saturated heterocycles. The fourth-order valence-corrected chi connectivity index (χ4v) is 1.43. The number of hydrogen-bond acceptors (Lipinski definition) is 2. The lowest BCUT2D eigenvalue weighted by Gasteiger charge is -2.00. The summed E-state index contributed by atoms with van der Waals surface area (Å²) in [4.78, 5) is 8.29. The van der Waals surface area contributed by atoms with E-state index >= 15 is 0 Å². The molecule has 0 aliphatic carbocycles. The third-order valence-electron chi connectivity index (χ3n) is 2.11. The second-order valence-electron chi connectivity index (χ2n) is 3.25. The SMILES string of the molecule is C/C=C/c1cncc(-c2cccnc2)c1. The summed E-state index contributed by atoms with van der Waals surface area (Å²) in [6.07, 6.45) is 11.4. The molecule has 0 atom stereocenters. The number of pyridine rings is 2. The first-order valence-corrected chi connectivity index (χ1v) is 4.88. The molecule has 15 heavy (non-hydrogen) atoms. The van der Waals surface area contributed by atoms with Crippen molar-refractivity contribution in [3.05, 3.63) is 54.6 Å². The average Bonchev–Trinajstić information content (AvgIpc) is 2.31. The number of hydrogen-bond donors (Lipinski definition) is 0. The summed E-state index contributed by atoms with van der Waals surface area (Å²) in [5, 5.41) is 0. The zero-order valence-electron chi connectivity index (χ0n) is 8.59. The molecule has 0 N–H and O–H groups in total. The molecular weight excluding hydrogens is 184 g/mol. The van der Waals surface area contributed by atoms with Crippen LogP contribution in [0.3, 0.4) is 0 Å². The number of allylic oxidation sites excluding steroid dienone is 1. The molecule has 2 aromatic rings. The van der Waals surface area contributed by atoms with Crippen LogP contribution in [0.2, 0.25) is 0 Å². The first-order chi connectivity index (χ1) is 7.40. The van der Waals surface area contributed by atoms with Crippen molar-refractivity contribution in [1.29, 1.82) is 0 Å². The quantitative estimate of drug-likeness (QED) is 0.737. The van der Waals surface area contributed by atoms with E-state index in [4.69, 9.17) is 0 Å². The van der Waals surface area contributed by atoms with Gasteiger partial charge in [0.1, 0.15) is 0 Å². The molecular formula is C13H12N2. The topological polar surface area (TPSA) is 25.8 Å². The molecule has 0 fully saturated rings. The van der Waals surface area contributed by atoms with Crippen LogP contribution in [-0.2, 0) is 0 Å². The van der Waals surface area contributed by atoms with Gasteiger partial charge in [0.2, 0.25) is 0 Å². The van der Waals surface area contributed by atoms with Crippen molar-refractivity contribution < 1.29 is 0 Å². The van der Waals surface area contributed by atoms with Gasteiger partial charge < -0.3 is 0 Å². The fraction of sp³-hybridized carbons (Fsp3) is 0.0769. The zero-order chi connectivity index (χ0) is 10.5. The van der Waals surface area contributed by atoms with Crippen molar-refractivity contribution >= 4 is 6.08 Å². The summed E-state index contributed by atoms with van der Waals surface area (Å²) in [7, 11) is 0. The predicted octanol–water partition coefficient (Wildman–Crippen LogP) is 3.18. The Morgan fingerprint density at radius 1 is 1.07 bits per heavy atom. The molecule has 0 saturated carbocycles. The fourth-order valence-electron chi connectivity index (χ4n) is 1.43. The van der Waals surface area contributed by atoms with Gasteiger partial charge in [-0.05, 0) is 24.6 Å². The number of aromatic nitrogens is 2. The van der Waals surface area contributed by atoms with E-state index in [9.17, 15) is 0 Å². The molecule has 2 heteroatoms. The van der Waals surface area contributed by atoms with Crippen molar-refractivity contribution in [2.24, 2.45) is 0 Å². The molecule has 0 radical (unpaired) electrons. The summed E-state index contributed by atoms with van der Waals surface area (Å²) >= 11 is 0. The van der Waals surface area contributed by atoms with Crippen LogP contribution >= 0.6 is 0 Å². The molecule has 0 aromatic carbocycles. The molecule has 0 amide bonds. The summed E-state index contributed by atoms with van der Waals surface area (Å²) < 4.78 is 0. The van der Waals surface area contributed by atoms with Gasteiger partial charge >= 0.3 is 0 Å². The van der Waals surface area contributed by atoms with Crippen LogP contribution in [0.5, 0.6) is 0 Å². The predicted molar refractivity (Wildman–Crippen MR) is 62.2 cm³/mol. The van der Waals surface area contributed by atoms with E-state index in [2.05, 4.69) is 16.0 Å². The van der Waals surface area contributed by atoms with E-state index < -0.39 is 0 Å². The van der Waals surface area contributed by atoms with Crippen molar-refractivity contribution in [3.63, 3.8) is 0 Å². The summed E-state index contributed by atoms with van der Waals surface area (Å²) in [6, 6.07) is 6.06. The van der Waals surface area contributed by atoms with Crippen molar-refractivity contribution in [1.82, 2.24) is 9.97 Å². The molecule has 2 heterocycles. The Labute approximate surface area is 89.3 Å². The van der Waals surface area contributed by atoms with Crippen molar-refractivity contribution in [2.75, 3.05) is 0 Å². The minimum atomic E-state index is 1.09. The van der Waals surface area contributed by atoms with Crippen LogP contribution in [0.25, 0.3) is 17.2 Å². The Morgan fingerprint density at radius 2 is 1.93 bits per heavy atom. The molecule has 0 aliphatic heterocycles. The Kier molecular flexibility index (Phi) is 2.88. The van der Waals surface area contributed by atoms with Crippen LogP contribution < -0.4 is 0 Å². The number of nitrogens with zero attached hydrogens (tertiary/aromatic N) is 2. The molecule has 0 spiro atoms. The lowest BCUT2D eigenvalue weighted by molar-refractivity contribution is 1.29. The van der Waals surface area contributed by atoms with E-state index in [0.29, 0.717) is 0 Å². The lowest BCUT2D eigenvalue weighted by Crippen LogP contribution is -1.83. The maximum Gasteiger partial charge on any atom is 0.0347 e. The van der Waals surface area contributed by atoms with E-state index in [1.807, 2.05) is 49.8 Å². The van der Waals surface area contributed by atoms with Gasteiger partial charge in [-0.25, -0.2) is 0 Å². The van der Waals surface area contributed by atoms with E-state index in [1.54, 1.807) is 6.20 Å². The van der Waals surface area contributed by atoms with Gasteiger partial charge in [-0.1, -0.05) is 18.2 Å². The number of rotatable bonds is 2. The van der Waals surface area contributed by atoms with Gasteiger partial charge in [0, 0.05) is 35.9 Å². The van der Waals surface area contributed by atoms with Gasteiger partial charge in [0.25, 0.3) is 0 Å². The molecule has 2 rings (SSSR count). The van der Waals surface area contributed by atoms with Gasteiger partial charge in [0.15, 0.2) is 0 Å². The van der Waals surface area contributed by atoms with Gasteiger partial charge in [-0.15, -0.1) is 0 Å². The Morgan fingerprint density at radius 3 is 2.67 bits per heavy atom. The summed E-state index contributed by atoms with van der Waals surface area (Å²) in [6.45, 7) is 2.00. The van der Waals surface area contributed by atoms with Crippen molar-refractivity contribution in [2.45, 2.75) is 6.92 Å². The smallest absolute Gasteiger partial charge is 0.0347 e. The summed E-state index contributed by atoms with van der Waals surface area (Å²) in [5.74, 6) is 0. The van der Waals surface area contributed by atoms with Crippen LogP contribution in [0, 0.1) is 0 Å². The second-order valence-corrected chi connectivity index (χ2v) is 3.25. The third-order valence-corrected chi connectivity index (χ3v) is 2.11. The highest BCUT2D eigenvalue weighted by Crippen LogP contribution is 2.18. The highest BCUT2D eigenvalue weighted by atomic mass is 14.6. The maximum absolute atomic E-state index is 4.20. The van der Waals surface area contributed by atoms with Crippen LogP contribution in [-0.4, -0.2) is 9.97 Å². The van der Waals surface area contributed by atoms with Gasteiger partial charge in [-0.3, -0.25) is 9.97 Å². The van der Waals surface area contributed by atoms with Crippen LogP contribution in [0.1, 0.15) is 12.5 Å². The zero-order valence-corrected chi connectivity index (χ0v) is 8.59. The van der Waals surface area contributed by atoms with E-state index in [0.717, 1.165) is 16.7 Å².